The Bertz CT molecular complexity index is 309. The number of hydrogen-bond donors (Lipinski definition) is 1. The molecule has 0 aromatic heterocycles. The van der Waals surface area contributed by atoms with Gasteiger partial charge < -0.3 is 5.11 Å². The van der Waals surface area contributed by atoms with E-state index in [9.17, 15) is 9.90 Å². The predicted molar refractivity (Wildman–Crippen MR) is 73.4 cm³/mol. The molecule has 18 heavy (non-hydrogen) atoms. The minimum atomic E-state index is -1.04. The Morgan fingerprint density at radius 3 is 2.28 bits per heavy atom. The first-order valence-electron chi connectivity index (χ1n) is 7.69. The molecule has 2 rings (SSSR count). The highest BCUT2D eigenvalue weighted by molar-refractivity contribution is 6.01. The van der Waals surface area contributed by atoms with Gasteiger partial charge in [-0.2, -0.15) is 0 Å². The van der Waals surface area contributed by atoms with E-state index in [4.69, 9.17) is 0 Å². The zero-order chi connectivity index (χ0) is 12.8. The third kappa shape index (κ3) is 3.44. The fourth-order valence-corrected chi connectivity index (χ4v) is 3.24. The van der Waals surface area contributed by atoms with Gasteiger partial charge in [0, 0.05) is 0 Å². The summed E-state index contributed by atoms with van der Waals surface area (Å²) in [5, 5.41) is 10.6. The first kappa shape index (κ1) is 13.8. The van der Waals surface area contributed by atoms with E-state index in [0.717, 1.165) is 50.5 Å². The average molecular weight is 250 g/mol. The fraction of sp³-hybridized carbons (Fsp3) is 0.812. The van der Waals surface area contributed by atoms with Crippen LogP contribution in [-0.4, -0.2) is 16.5 Å². The summed E-state index contributed by atoms with van der Waals surface area (Å²) in [5.74, 6) is 0.0475. The van der Waals surface area contributed by atoms with Crippen molar-refractivity contribution in [1.82, 2.24) is 0 Å². The predicted octanol–water partition coefficient (Wildman–Crippen LogP) is 3.92. The molecule has 0 saturated heterocycles. The number of hydrogen-bond acceptors (Lipinski definition) is 2. The Morgan fingerprint density at radius 1 is 0.944 bits per heavy atom. The van der Waals surface area contributed by atoms with Crippen LogP contribution in [0.4, 0.5) is 0 Å². The van der Waals surface area contributed by atoms with Crippen molar-refractivity contribution in [1.29, 1.82) is 0 Å². The van der Waals surface area contributed by atoms with Crippen molar-refractivity contribution in [2.75, 3.05) is 0 Å². The van der Waals surface area contributed by atoms with Crippen LogP contribution in [0.5, 0.6) is 0 Å². The highest BCUT2D eigenvalue weighted by Gasteiger charge is 2.37. The Hall–Kier alpha value is -0.630. The minimum absolute atomic E-state index is 0.0475. The highest BCUT2D eigenvalue weighted by atomic mass is 16.3. The van der Waals surface area contributed by atoms with Crippen LogP contribution in [-0.2, 0) is 4.79 Å². The molecule has 0 atom stereocenters. The van der Waals surface area contributed by atoms with Gasteiger partial charge in [0.2, 0.25) is 0 Å². The van der Waals surface area contributed by atoms with Crippen LogP contribution in [0, 0.1) is 0 Å². The molecular weight excluding hydrogens is 224 g/mol. The van der Waals surface area contributed by atoms with Crippen LogP contribution in [0.2, 0.25) is 0 Å². The van der Waals surface area contributed by atoms with Crippen molar-refractivity contribution in [3.05, 3.63) is 11.6 Å². The van der Waals surface area contributed by atoms with E-state index in [1.54, 1.807) is 0 Å². The second kappa shape index (κ2) is 6.51. The Balaban J connectivity index is 2.07. The van der Waals surface area contributed by atoms with Crippen molar-refractivity contribution in [3.63, 3.8) is 0 Å². The molecule has 0 aliphatic heterocycles. The fourth-order valence-electron chi connectivity index (χ4n) is 3.24. The van der Waals surface area contributed by atoms with Gasteiger partial charge in [-0.3, -0.25) is 4.79 Å². The summed E-state index contributed by atoms with van der Waals surface area (Å²) < 4.78 is 0. The number of rotatable bonds is 2. The summed E-state index contributed by atoms with van der Waals surface area (Å²) in [6.07, 6.45) is 14.4. The number of allylic oxidation sites excluding steroid dienone is 1. The summed E-state index contributed by atoms with van der Waals surface area (Å²) in [6, 6.07) is 0. The van der Waals surface area contributed by atoms with Crippen LogP contribution < -0.4 is 0 Å². The van der Waals surface area contributed by atoms with Crippen LogP contribution in [0.1, 0.15) is 77.0 Å². The maximum absolute atomic E-state index is 12.6. The van der Waals surface area contributed by atoms with Crippen molar-refractivity contribution in [2.24, 2.45) is 0 Å². The van der Waals surface area contributed by atoms with Crippen molar-refractivity contribution >= 4 is 5.78 Å². The monoisotopic (exact) mass is 250 g/mol. The summed E-state index contributed by atoms with van der Waals surface area (Å²) in [6.45, 7) is 0. The molecule has 1 saturated carbocycles. The Morgan fingerprint density at radius 2 is 1.56 bits per heavy atom. The van der Waals surface area contributed by atoms with Crippen molar-refractivity contribution in [2.45, 2.75) is 82.7 Å². The summed E-state index contributed by atoms with van der Waals surface area (Å²) in [4.78, 5) is 12.6. The first-order chi connectivity index (χ1) is 8.72. The van der Waals surface area contributed by atoms with E-state index in [0.29, 0.717) is 12.8 Å². The van der Waals surface area contributed by atoms with Crippen molar-refractivity contribution in [3.8, 4) is 0 Å². The molecule has 0 aromatic carbocycles. The van der Waals surface area contributed by atoms with Gasteiger partial charge in [-0.15, -0.1) is 0 Å². The maximum atomic E-state index is 12.6. The molecule has 0 amide bonds. The minimum Gasteiger partial charge on any atom is -0.382 e. The highest BCUT2D eigenvalue weighted by Crippen LogP contribution is 2.32. The molecule has 2 heteroatoms. The van der Waals surface area contributed by atoms with Gasteiger partial charge in [-0.05, 0) is 44.1 Å². The van der Waals surface area contributed by atoms with Crippen LogP contribution in [0.25, 0.3) is 0 Å². The number of ketones is 1. The number of aliphatic hydroxyl groups is 1. The van der Waals surface area contributed by atoms with Gasteiger partial charge in [0.05, 0.1) is 0 Å². The molecule has 2 nitrogen and oxygen atoms in total. The van der Waals surface area contributed by atoms with E-state index >= 15 is 0 Å². The standard InChI is InChI=1S/C16H26O2/c17-15(14-10-6-2-1-3-7-11-14)16(18)12-8-4-5-9-13-16/h10,18H,1-9,11-13H2. The molecule has 102 valence electrons. The number of carbonyl (C=O) groups excluding carboxylic acids is 1. The van der Waals surface area contributed by atoms with E-state index in [1.165, 1.54) is 19.3 Å². The lowest BCUT2D eigenvalue weighted by molar-refractivity contribution is -0.134. The third-order valence-corrected chi connectivity index (χ3v) is 4.44. The quantitative estimate of drug-likeness (QED) is 0.754. The summed E-state index contributed by atoms with van der Waals surface area (Å²) in [7, 11) is 0. The van der Waals surface area contributed by atoms with Crippen molar-refractivity contribution < 1.29 is 9.90 Å². The van der Waals surface area contributed by atoms with Gasteiger partial charge in [0.25, 0.3) is 0 Å². The second-order valence-corrected chi connectivity index (χ2v) is 5.96. The topological polar surface area (TPSA) is 37.3 Å². The maximum Gasteiger partial charge on any atom is 0.189 e. The zero-order valence-corrected chi connectivity index (χ0v) is 11.4. The molecule has 0 heterocycles. The lowest BCUT2D eigenvalue weighted by Gasteiger charge is -2.26. The van der Waals surface area contributed by atoms with E-state index < -0.39 is 5.60 Å². The molecule has 0 spiro atoms. The molecule has 0 aromatic rings. The molecule has 2 aliphatic rings. The molecule has 1 N–H and O–H groups in total. The summed E-state index contributed by atoms with van der Waals surface area (Å²) >= 11 is 0. The first-order valence-corrected chi connectivity index (χ1v) is 7.69. The van der Waals surface area contributed by atoms with Crippen LogP contribution in [0.3, 0.4) is 0 Å². The second-order valence-electron chi connectivity index (χ2n) is 5.96. The van der Waals surface area contributed by atoms with Crippen LogP contribution >= 0.6 is 0 Å². The SMILES string of the molecule is O=C(C1=CCCCCCC1)C1(O)CCCCCC1. The Kier molecular flexibility index (Phi) is 4.99. The van der Waals surface area contributed by atoms with Gasteiger partial charge in [0.15, 0.2) is 5.78 Å². The van der Waals surface area contributed by atoms with Gasteiger partial charge in [-0.1, -0.05) is 44.6 Å². The molecule has 0 radical (unpaired) electrons. The number of carbonyl (C=O) groups is 1. The molecule has 2 aliphatic carbocycles. The lowest BCUT2D eigenvalue weighted by Crippen LogP contribution is -2.39. The largest absolute Gasteiger partial charge is 0.382 e. The van der Waals surface area contributed by atoms with E-state index in [1.807, 2.05) is 0 Å². The smallest absolute Gasteiger partial charge is 0.189 e. The molecular formula is C16H26O2. The molecule has 0 bridgehead atoms. The lowest BCUT2D eigenvalue weighted by atomic mass is 9.83. The molecule has 1 fully saturated rings. The van der Waals surface area contributed by atoms with Crippen LogP contribution in [0.15, 0.2) is 11.6 Å². The summed E-state index contributed by atoms with van der Waals surface area (Å²) in [5.41, 5.74) is -0.124. The average Bonchev–Trinajstić information content (AvgIpc) is 2.54. The normalized spacial score (nSPS) is 25.5. The van der Waals surface area contributed by atoms with E-state index in [-0.39, 0.29) is 5.78 Å². The third-order valence-electron chi connectivity index (χ3n) is 4.44. The molecule has 0 unspecified atom stereocenters. The van der Waals surface area contributed by atoms with E-state index in [2.05, 4.69) is 6.08 Å². The van der Waals surface area contributed by atoms with Gasteiger partial charge >= 0.3 is 0 Å². The zero-order valence-electron chi connectivity index (χ0n) is 11.4. The Labute approximate surface area is 110 Å². The number of Topliss-reactive ketones (excluding diaryl/α,β-unsaturated/α-hetero) is 1. The van der Waals surface area contributed by atoms with Gasteiger partial charge in [-0.25, -0.2) is 0 Å². The van der Waals surface area contributed by atoms with Gasteiger partial charge in [0.1, 0.15) is 5.60 Å².